The summed E-state index contributed by atoms with van der Waals surface area (Å²) in [7, 11) is 0. The van der Waals surface area contributed by atoms with Crippen LogP contribution in [0.15, 0.2) is 6.07 Å². The molecule has 2 saturated carbocycles. The summed E-state index contributed by atoms with van der Waals surface area (Å²) in [5, 5.41) is 10.3. The van der Waals surface area contributed by atoms with Gasteiger partial charge in [-0.25, -0.2) is 0 Å². The largest absolute Gasteiger partial charge is 0.388 e. The van der Waals surface area contributed by atoms with Gasteiger partial charge in [0.05, 0.1) is 10.4 Å². The van der Waals surface area contributed by atoms with Crippen molar-refractivity contribution in [3.63, 3.8) is 0 Å². The Morgan fingerprint density at radius 2 is 1.88 bits per heavy atom. The topological polar surface area (TPSA) is 20.2 Å². The molecule has 1 aromatic rings. The van der Waals surface area contributed by atoms with Gasteiger partial charge in [-0.2, -0.15) is 0 Å². The Kier molecular flexibility index (Phi) is 2.95. The molecule has 0 spiro atoms. The zero-order chi connectivity index (χ0) is 11.3. The molecule has 4 heteroatoms. The molecule has 0 aromatic carbocycles. The van der Waals surface area contributed by atoms with E-state index >= 15 is 0 Å². The number of rotatable bonds is 2. The van der Waals surface area contributed by atoms with E-state index in [1.54, 1.807) is 0 Å². The van der Waals surface area contributed by atoms with Gasteiger partial charge < -0.3 is 5.11 Å². The predicted molar refractivity (Wildman–Crippen MR) is 68.2 cm³/mol. The molecule has 0 bridgehead atoms. The van der Waals surface area contributed by atoms with Crippen LogP contribution in [0.25, 0.3) is 0 Å². The summed E-state index contributed by atoms with van der Waals surface area (Å²) >= 11 is 13.3. The van der Waals surface area contributed by atoms with Crippen LogP contribution in [0.2, 0.25) is 8.67 Å². The molecule has 3 atom stereocenters. The number of aliphatic hydroxyl groups excluding tert-OH is 1. The number of hydrogen-bond donors (Lipinski definition) is 1. The first-order valence-corrected chi connectivity index (χ1v) is 7.38. The van der Waals surface area contributed by atoms with Crippen molar-refractivity contribution in [1.29, 1.82) is 0 Å². The predicted octanol–water partition coefficient (Wildman–Crippen LogP) is 4.52. The lowest BCUT2D eigenvalue weighted by Crippen LogP contribution is -2.01. The molecule has 0 radical (unpaired) electrons. The van der Waals surface area contributed by atoms with Crippen LogP contribution in [0, 0.1) is 17.8 Å². The molecule has 1 nitrogen and oxygen atoms in total. The highest BCUT2D eigenvalue weighted by atomic mass is 35.5. The van der Waals surface area contributed by atoms with Gasteiger partial charge in [0, 0.05) is 5.56 Å². The summed E-state index contributed by atoms with van der Waals surface area (Å²) in [5.41, 5.74) is 0.844. The number of hydrogen-bond acceptors (Lipinski definition) is 2. The van der Waals surface area contributed by atoms with Crippen molar-refractivity contribution in [2.45, 2.75) is 31.8 Å². The van der Waals surface area contributed by atoms with Crippen molar-refractivity contribution in [1.82, 2.24) is 0 Å². The third-order valence-corrected chi connectivity index (χ3v) is 5.61. The molecule has 88 valence electrons. The Balaban J connectivity index is 1.78. The third-order valence-electron chi connectivity index (χ3n) is 4.09. The fraction of sp³-hybridized carbons (Fsp3) is 0.667. The Hall–Kier alpha value is 0.240. The fourth-order valence-electron chi connectivity index (χ4n) is 3.28. The molecule has 1 heterocycles. The van der Waals surface area contributed by atoms with Gasteiger partial charge in [0.15, 0.2) is 0 Å². The Bertz CT molecular complexity index is 392. The van der Waals surface area contributed by atoms with E-state index in [0.717, 1.165) is 17.4 Å². The molecule has 2 aliphatic carbocycles. The maximum Gasteiger partial charge on any atom is 0.100 e. The molecule has 2 aliphatic rings. The molecule has 1 N–H and O–H groups in total. The van der Waals surface area contributed by atoms with Gasteiger partial charge in [-0.15, -0.1) is 11.3 Å². The first-order chi connectivity index (χ1) is 7.68. The lowest BCUT2D eigenvalue weighted by atomic mass is 10.0. The summed E-state index contributed by atoms with van der Waals surface area (Å²) in [6.45, 7) is 0. The monoisotopic (exact) mass is 276 g/mol. The molecular weight excluding hydrogens is 263 g/mol. The number of thiophene rings is 1. The zero-order valence-electron chi connectivity index (χ0n) is 8.83. The summed E-state index contributed by atoms with van der Waals surface area (Å²) in [5.74, 6) is 1.91. The van der Waals surface area contributed by atoms with Crippen molar-refractivity contribution in [3.05, 3.63) is 20.3 Å². The molecule has 0 saturated heterocycles. The lowest BCUT2D eigenvalue weighted by Gasteiger charge is -2.08. The summed E-state index contributed by atoms with van der Waals surface area (Å²) in [6, 6.07) is 1.82. The van der Waals surface area contributed by atoms with Crippen molar-refractivity contribution in [2.75, 3.05) is 0 Å². The van der Waals surface area contributed by atoms with Gasteiger partial charge in [-0.05, 0) is 36.7 Å². The summed E-state index contributed by atoms with van der Waals surface area (Å²) in [4.78, 5) is 0. The highest BCUT2D eigenvalue weighted by molar-refractivity contribution is 7.20. The molecule has 3 rings (SSSR count). The maximum atomic E-state index is 10.3. The molecule has 0 amide bonds. The van der Waals surface area contributed by atoms with E-state index in [0.29, 0.717) is 14.6 Å². The second-order valence-corrected chi connectivity index (χ2v) is 7.20. The zero-order valence-corrected chi connectivity index (χ0v) is 11.2. The van der Waals surface area contributed by atoms with E-state index < -0.39 is 6.10 Å². The van der Waals surface area contributed by atoms with Crippen molar-refractivity contribution in [2.24, 2.45) is 17.8 Å². The van der Waals surface area contributed by atoms with Gasteiger partial charge in [0.1, 0.15) is 4.34 Å². The van der Waals surface area contributed by atoms with Crippen LogP contribution in [-0.4, -0.2) is 5.11 Å². The minimum absolute atomic E-state index is 0.399. The SMILES string of the molecule is OC(c1cc(Cl)sc1Cl)C1C2CCCCC21. The van der Waals surface area contributed by atoms with Gasteiger partial charge >= 0.3 is 0 Å². The smallest absolute Gasteiger partial charge is 0.100 e. The molecule has 1 aromatic heterocycles. The van der Waals surface area contributed by atoms with E-state index in [9.17, 15) is 5.11 Å². The van der Waals surface area contributed by atoms with Crippen molar-refractivity contribution in [3.8, 4) is 0 Å². The third kappa shape index (κ3) is 1.80. The van der Waals surface area contributed by atoms with Gasteiger partial charge in [0.25, 0.3) is 0 Å². The van der Waals surface area contributed by atoms with Gasteiger partial charge in [-0.3, -0.25) is 0 Å². The second kappa shape index (κ2) is 4.16. The average Bonchev–Trinajstić information content (AvgIpc) is 2.89. The quantitative estimate of drug-likeness (QED) is 0.842. The van der Waals surface area contributed by atoms with Crippen molar-refractivity contribution < 1.29 is 5.11 Å². The molecule has 3 unspecified atom stereocenters. The Morgan fingerprint density at radius 1 is 1.25 bits per heavy atom. The average molecular weight is 277 g/mol. The first kappa shape index (κ1) is 11.3. The van der Waals surface area contributed by atoms with Crippen LogP contribution >= 0.6 is 34.5 Å². The standard InChI is InChI=1S/C12H14Cl2OS/c13-9-5-8(12(14)16-9)11(15)10-6-3-1-2-4-7(6)10/h5-7,10-11,15H,1-4H2. The Labute approximate surface area is 109 Å². The van der Waals surface area contributed by atoms with Gasteiger partial charge in [0.2, 0.25) is 0 Å². The summed E-state index contributed by atoms with van der Waals surface area (Å²) < 4.78 is 1.32. The van der Waals surface area contributed by atoms with E-state index in [1.807, 2.05) is 6.07 Å². The van der Waals surface area contributed by atoms with Gasteiger partial charge in [-0.1, -0.05) is 36.0 Å². The highest BCUT2D eigenvalue weighted by Crippen LogP contribution is 2.61. The van der Waals surface area contributed by atoms with E-state index in [-0.39, 0.29) is 0 Å². The molecule has 0 aliphatic heterocycles. The first-order valence-electron chi connectivity index (χ1n) is 5.81. The van der Waals surface area contributed by atoms with Crippen molar-refractivity contribution >= 4 is 34.5 Å². The van der Waals surface area contributed by atoms with Crippen LogP contribution in [-0.2, 0) is 0 Å². The highest BCUT2D eigenvalue weighted by Gasteiger charge is 2.54. The fourth-order valence-corrected chi connectivity index (χ4v) is 4.82. The minimum Gasteiger partial charge on any atom is -0.388 e. The summed E-state index contributed by atoms with van der Waals surface area (Å²) in [6.07, 6.45) is 4.80. The minimum atomic E-state index is -0.399. The van der Waals surface area contributed by atoms with E-state index in [4.69, 9.17) is 23.2 Å². The molecule has 2 fully saturated rings. The number of aliphatic hydroxyl groups is 1. The van der Waals surface area contributed by atoms with Crippen LogP contribution < -0.4 is 0 Å². The molecule has 16 heavy (non-hydrogen) atoms. The van der Waals surface area contributed by atoms with Crippen LogP contribution in [0.1, 0.15) is 37.4 Å². The maximum absolute atomic E-state index is 10.3. The number of halogens is 2. The number of fused-ring (bicyclic) bond motifs is 1. The lowest BCUT2D eigenvalue weighted by molar-refractivity contribution is 0.142. The Morgan fingerprint density at radius 3 is 2.38 bits per heavy atom. The molecular formula is C12H14Cl2OS. The second-order valence-electron chi connectivity index (χ2n) is 4.91. The van der Waals surface area contributed by atoms with E-state index in [2.05, 4.69) is 0 Å². The van der Waals surface area contributed by atoms with Crippen LogP contribution in [0.3, 0.4) is 0 Å². The normalized spacial score (nSPS) is 34.6. The van der Waals surface area contributed by atoms with Crippen LogP contribution in [0.5, 0.6) is 0 Å². The van der Waals surface area contributed by atoms with Crippen LogP contribution in [0.4, 0.5) is 0 Å². The van der Waals surface area contributed by atoms with E-state index in [1.165, 1.54) is 37.0 Å².